The number of nitrogens with zero attached hydrogens (tertiary/aromatic N) is 1. The quantitative estimate of drug-likeness (QED) is 0.705. The van der Waals surface area contributed by atoms with Crippen molar-refractivity contribution < 1.29 is 9.53 Å². The van der Waals surface area contributed by atoms with E-state index in [-0.39, 0.29) is 5.78 Å². The molecule has 0 saturated heterocycles. The van der Waals surface area contributed by atoms with E-state index in [1.807, 2.05) is 24.3 Å². The Labute approximate surface area is 114 Å². The Morgan fingerprint density at radius 1 is 1.26 bits per heavy atom. The predicted molar refractivity (Wildman–Crippen MR) is 74.6 cm³/mol. The molecule has 19 heavy (non-hydrogen) atoms. The number of ether oxygens (including phenoxy) is 1. The number of rotatable bonds is 7. The maximum atomic E-state index is 12.4. The summed E-state index contributed by atoms with van der Waals surface area (Å²) in [6, 6.07) is 8.18. The summed E-state index contributed by atoms with van der Waals surface area (Å²) in [5, 5.41) is 0. The fourth-order valence-electron chi connectivity index (χ4n) is 2.56. The number of benzene rings is 1. The molecule has 1 aromatic rings. The average molecular weight is 259 g/mol. The van der Waals surface area contributed by atoms with Crippen LogP contribution < -0.4 is 4.74 Å². The normalized spacial score (nSPS) is 18.6. The summed E-state index contributed by atoms with van der Waals surface area (Å²) in [6.45, 7) is 1.65. The molecule has 0 radical (unpaired) electrons. The Kier molecular flexibility index (Phi) is 3.56. The molecule has 0 N–H and O–H groups in total. The summed E-state index contributed by atoms with van der Waals surface area (Å²) in [5.41, 5.74) is 0.714. The molecule has 3 rings (SSSR count). The van der Waals surface area contributed by atoms with E-state index in [1.165, 1.54) is 25.7 Å². The van der Waals surface area contributed by atoms with Gasteiger partial charge in [0.2, 0.25) is 0 Å². The van der Waals surface area contributed by atoms with Gasteiger partial charge in [0.1, 0.15) is 5.75 Å². The van der Waals surface area contributed by atoms with Crippen LogP contribution in [0.3, 0.4) is 0 Å². The van der Waals surface area contributed by atoms with E-state index in [0.29, 0.717) is 23.9 Å². The molecule has 3 heteroatoms. The highest BCUT2D eigenvalue weighted by molar-refractivity contribution is 6.00. The SMILES string of the molecule is COc1ccccc1C(=O)CN(CC1CC1)C1CC1. The van der Waals surface area contributed by atoms with Gasteiger partial charge in [-0.25, -0.2) is 0 Å². The van der Waals surface area contributed by atoms with E-state index in [9.17, 15) is 4.79 Å². The van der Waals surface area contributed by atoms with Crippen molar-refractivity contribution in [3.05, 3.63) is 29.8 Å². The van der Waals surface area contributed by atoms with Crippen molar-refractivity contribution >= 4 is 5.78 Å². The van der Waals surface area contributed by atoms with E-state index in [0.717, 1.165) is 12.5 Å². The van der Waals surface area contributed by atoms with Gasteiger partial charge >= 0.3 is 0 Å². The molecule has 3 nitrogen and oxygen atoms in total. The van der Waals surface area contributed by atoms with Crippen molar-refractivity contribution in [1.82, 2.24) is 4.90 Å². The molecule has 0 unspecified atom stereocenters. The average Bonchev–Trinajstić information content (AvgIpc) is 3.29. The highest BCUT2D eigenvalue weighted by Crippen LogP contribution is 2.35. The molecule has 0 bridgehead atoms. The first kappa shape index (κ1) is 12.7. The van der Waals surface area contributed by atoms with Crippen LogP contribution in [-0.4, -0.2) is 36.9 Å². The minimum absolute atomic E-state index is 0.185. The van der Waals surface area contributed by atoms with Gasteiger partial charge in [0, 0.05) is 12.6 Å². The van der Waals surface area contributed by atoms with Gasteiger partial charge in [-0.2, -0.15) is 0 Å². The molecule has 2 fully saturated rings. The smallest absolute Gasteiger partial charge is 0.180 e. The van der Waals surface area contributed by atoms with E-state index < -0.39 is 0 Å². The molecule has 102 valence electrons. The van der Waals surface area contributed by atoms with Gasteiger partial charge in [-0.15, -0.1) is 0 Å². The maximum absolute atomic E-state index is 12.4. The second-order valence-corrected chi connectivity index (χ2v) is 5.73. The van der Waals surface area contributed by atoms with Crippen LogP contribution in [0.25, 0.3) is 0 Å². The standard InChI is InChI=1S/C16H21NO2/c1-19-16-5-3-2-4-14(16)15(18)11-17(13-8-9-13)10-12-6-7-12/h2-5,12-13H,6-11H2,1H3. The zero-order valence-corrected chi connectivity index (χ0v) is 11.5. The van der Waals surface area contributed by atoms with Gasteiger partial charge in [0.15, 0.2) is 5.78 Å². The number of hydrogen-bond acceptors (Lipinski definition) is 3. The number of methoxy groups -OCH3 is 1. The van der Waals surface area contributed by atoms with Crippen LogP contribution in [-0.2, 0) is 0 Å². The van der Waals surface area contributed by atoms with Crippen molar-refractivity contribution in [3.63, 3.8) is 0 Å². The maximum Gasteiger partial charge on any atom is 0.180 e. The number of hydrogen-bond donors (Lipinski definition) is 0. The van der Waals surface area contributed by atoms with Gasteiger partial charge in [-0.1, -0.05) is 12.1 Å². The second kappa shape index (κ2) is 5.33. The highest BCUT2D eigenvalue weighted by Gasteiger charge is 2.34. The van der Waals surface area contributed by atoms with E-state index in [2.05, 4.69) is 4.90 Å². The lowest BCUT2D eigenvalue weighted by Crippen LogP contribution is -2.33. The second-order valence-electron chi connectivity index (χ2n) is 5.73. The van der Waals surface area contributed by atoms with Crippen molar-refractivity contribution in [2.45, 2.75) is 31.7 Å². The molecule has 1 aromatic carbocycles. The Bertz CT molecular complexity index is 464. The van der Waals surface area contributed by atoms with Crippen LogP contribution in [0.5, 0.6) is 5.75 Å². The Morgan fingerprint density at radius 3 is 2.63 bits per heavy atom. The van der Waals surface area contributed by atoms with Crippen LogP contribution in [0, 0.1) is 5.92 Å². The van der Waals surface area contributed by atoms with Gasteiger partial charge in [0.25, 0.3) is 0 Å². The lowest BCUT2D eigenvalue weighted by Gasteiger charge is -2.21. The summed E-state index contributed by atoms with van der Waals surface area (Å²) in [4.78, 5) is 14.8. The number of ketones is 1. The Morgan fingerprint density at radius 2 is 2.00 bits per heavy atom. The summed E-state index contributed by atoms with van der Waals surface area (Å²) >= 11 is 0. The van der Waals surface area contributed by atoms with Crippen LogP contribution in [0.15, 0.2) is 24.3 Å². The number of carbonyl (C=O) groups excluding carboxylic acids is 1. The van der Waals surface area contributed by atoms with Crippen molar-refractivity contribution in [1.29, 1.82) is 0 Å². The van der Waals surface area contributed by atoms with Crippen molar-refractivity contribution in [3.8, 4) is 5.75 Å². The third-order valence-corrected chi connectivity index (χ3v) is 4.01. The van der Waals surface area contributed by atoms with Crippen LogP contribution in [0.2, 0.25) is 0 Å². The van der Waals surface area contributed by atoms with Gasteiger partial charge in [-0.05, 0) is 43.7 Å². The van der Waals surface area contributed by atoms with E-state index in [4.69, 9.17) is 4.74 Å². The molecule has 0 spiro atoms. The molecule has 0 atom stereocenters. The van der Waals surface area contributed by atoms with Gasteiger partial charge < -0.3 is 4.74 Å². The molecule has 0 amide bonds. The first-order valence-electron chi connectivity index (χ1n) is 7.18. The van der Waals surface area contributed by atoms with Crippen LogP contribution in [0.1, 0.15) is 36.0 Å². The first-order chi connectivity index (χ1) is 9.28. The minimum atomic E-state index is 0.185. The van der Waals surface area contributed by atoms with Gasteiger partial charge in [0.05, 0.1) is 19.2 Å². The summed E-state index contributed by atoms with van der Waals surface area (Å²) in [6.07, 6.45) is 5.19. The molecular formula is C16H21NO2. The lowest BCUT2D eigenvalue weighted by molar-refractivity contribution is 0.0918. The first-order valence-corrected chi connectivity index (χ1v) is 7.18. The van der Waals surface area contributed by atoms with Crippen LogP contribution >= 0.6 is 0 Å². The molecule has 0 aromatic heterocycles. The molecule has 0 aliphatic heterocycles. The largest absolute Gasteiger partial charge is 0.496 e. The molecular weight excluding hydrogens is 238 g/mol. The topological polar surface area (TPSA) is 29.5 Å². The third kappa shape index (κ3) is 3.16. The third-order valence-electron chi connectivity index (χ3n) is 4.01. The minimum Gasteiger partial charge on any atom is -0.496 e. The van der Waals surface area contributed by atoms with E-state index >= 15 is 0 Å². The predicted octanol–water partition coefficient (Wildman–Crippen LogP) is 2.75. The molecule has 2 aliphatic carbocycles. The molecule has 2 saturated carbocycles. The molecule has 0 heterocycles. The zero-order valence-electron chi connectivity index (χ0n) is 11.5. The highest BCUT2D eigenvalue weighted by atomic mass is 16.5. The molecule has 2 aliphatic rings. The summed E-state index contributed by atoms with van der Waals surface area (Å²) < 4.78 is 5.28. The number of Topliss-reactive ketones (excluding diaryl/α,β-unsaturated/α-hetero) is 1. The van der Waals surface area contributed by atoms with Crippen molar-refractivity contribution in [2.24, 2.45) is 5.92 Å². The monoisotopic (exact) mass is 259 g/mol. The fraction of sp³-hybridized carbons (Fsp3) is 0.562. The van der Waals surface area contributed by atoms with Crippen LogP contribution in [0.4, 0.5) is 0 Å². The number of carbonyl (C=O) groups is 1. The fourth-order valence-corrected chi connectivity index (χ4v) is 2.56. The van der Waals surface area contributed by atoms with Gasteiger partial charge in [-0.3, -0.25) is 9.69 Å². The number of para-hydroxylation sites is 1. The zero-order chi connectivity index (χ0) is 13.2. The summed E-state index contributed by atoms with van der Waals surface area (Å²) in [7, 11) is 1.62. The van der Waals surface area contributed by atoms with E-state index in [1.54, 1.807) is 7.11 Å². The van der Waals surface area contributed by atoms with Crippen molar-refractivity contribution in [2.75, 3.05) is 20.2 Å². The Balaban J connectivity index is 1.68. The summed E-state index contributed by atoms with van der Waals surface area (Å²) in [5.74, 6) is 1.71. The lowest BCUT2D eigenvalue weighted by atomic mass is 10.1. The Hall–Kier alpha value is -1.35.